The van der Waals surface area contributed by atoms with Crippen molar-refractivity contribution in [2.75, 3.05) is 0 Å². The number of carbonyl (C=O) groups is 1. The Hall–Kier alpha value is -3.65. The first-order valence-corrected chi connectivity index (χ1v) is 10.5. The summed E-state index contributed by atoms with van der Waals surface area (Å²) >= 11 is 1.31. The number of non-ortho nitro benzene ring substituents is 1. The fourth-order valence-corrected chi connectivity index (χ4v) is 4.20. The summed E-state index contributed by atoms with van der Waals surface area (Å²) < 4.78 is 5.86. The minimum atomic E-state index is -0.445. The lowest BCUT2D eigenvalue weighted by atomic mass is 10.1. The number of furan rings is 1. The first-order chi connectivity index (χ1) is 14.9. The second-order valence-electron chi connectivity index (χ2n) is 7.12. The summed E-state index contributed by atoms with van der Waals surface area (Å²) in [6.45, 7) is 3.89. The Balaban J connectivity index is 1.61. The fraction of sp³-hybridized carbons (Fsp3) is 0.130. The highest BCUT2D eigenvalue weighted by Crippen LogP contribution is 2.36. The number of rotatable bonds is 5. The van der Waals surface area contributed by atoms with E-state index in [2.05, 4.69) is 4.99 Å². The molecule has 7 nitrogen and oxygen atoms in total. The molecule has 0 bridgehead atoms. The highest BCUT2D eigenvalue weighted by Gasteiger charge is 2.35. The van der Waals surface area contributed by atoms with Gasteiger partial charge in [-0.3, -0.25) is 19.8 Å². The van der Waals surface area contributed by atoms with Crippen molar-refractivity contribution in [1.82, 2.24) is 4.90 Å². The Morgan fingerprint density at radius 1 is 1.06 bits per heavy atom. The number of nitrogens with zero attached hydrogens (tertiary/aromatic N) is 3. The summed E-state index contributed by atoms with van der Waals surface area (Å²) in [6, 6.07) is 19.1. The second kappa shape index (κ2) is 8.61. The van der Waals surface area contributed by atoms with Gasteiger partial charge in [-0.1, -0.05) is 18.2 Å². The summed E-state index contributed by atoms with van der Waals surface area (Å²) in [5, 5.41) is 11.4. The van der Waals surface area contributed by atoms with Crippen molar-refractivity contribution in [1.29, 1.82) is 0 Å². The van der Waals surface area contributed by atoms with Crippen molar-refractivity contribution in [3.63, 3.8) is 0 Å². The summed E-state index contributed by atoms with van der Waals surface area (Å²) in [5.74, 6) is 0.966. The van der Waals surface area contributed by atoms with Gasteiger partial charge in [0, 0.05) is 29.8 Å². The number of nitro benzene ring substituents is 1. The summed E-state index contributed by atoms with van der Waals surface area (Å²) in [6.07, 6.45) is 1.70. The molecule has 1 aliphatic heterocycles. The lowest BCUT2D eigenvalue weighted by molar-refractivity contribution is -0.384. The van der Waals surface area contributed by atoms with Crippen LogP contribution in [0.5, 0.6) is 0 Å². The normalized spacial score (nSPS) is 16.6. The van der Waals surface area contributed by atoms with Crippen molar-refractivity contribution in [2.45, 2.75) is 19.9 Å². The Morgan fingerprint density at radius 3 is 2.42 bits per heavy atom. The quantitative estimate of drug-likeness (QED) is 0.285. The zero-order valence-electron chi connectivity index (χ0n) is 16.9. The van der Waals surface area contributed by atoms with Gasteiger partial charge in [-0.15, -0.1) is 0 Å². The number of benzene rings is 2. The molecule has 1 saturated heterocycles. The van der Waals surface area contributed by atoms with Gasteiger partial charge in [-0.25, -0.2) is 4.99 Å². The molecule has 4 rings (SSSR count). The van der Waals surface area contributed by atoms with Gasteiger partial charge in [-0.05, 0) is 62.0 Å². The van der Waals surface area contributed by atoms with Crippen LogP contribution < -0.4 is 0 Å². The number of amidine groups is 1. The minimum absolute atomic E-state index is 0.0182. The molecule has 156 valence electrons. The third-order valence-corrected chi connectivity index (χ3v) is 5.58. The molecule has 0 saturated carbocycles. The molecular formula is C23H19N3O4S. The van der Waals surface area contributed by atoms with E-state index in [0.29, 0.717) is 21.6 Å². The van der Waals surface area contributed by atoms with Crippen LogP contribution in [0.3, 0.4) is 0 Å². The Morgan fingerprint density at radius 2 is 1.77 bits per heavy atom. The van der Waals surface area contributed by atoms with E-state index in [1.807, 2.05) is 44.2 Å². The SMILES string of the molecule is CC(C)N1C(=O)/C(=C\c2ccc(-c3ccc([N+](=O)[O-])cc3)o2)SC1=Nc1ccccc1. The largest absolute Gasteiger partial charge is 0.457 e. The third kappa shape index (κ3) is 4.44. The topological polar surface area (TPSA) is 89.0 Å². The lowest BCUT2D eigenvalue weighted by Crippen LogP contribution is -2.35. The van der Waals surface area contributed by atoms with E-state index in [1.165, 1.54) is 23.9 Å². The first kappa shape index (κ1) is 20.6. The molecule has 2 aromatic carbocycles. The number of para-hydroxylation sites is 1. The van der Waals surface area contributed by atoms with E-state index < -0.39 is 4.92 Å². The number of carbonyl (C=O) groups excluding carboxylic acids is 1. The van der Waals surface area contributed by atoms with Crippen LogP contribution in [0.1, 0.15) is 19.6 Å². The molecule has 8 heteroatoms. The van der Waals surface area contributed by atoms with Crippen molar-refractivity contribution >= 4 is 40.3 Å². The maximum Gasteiger partial charge on any atom is 0.269 e. The van der Waals surface area contributed by atoms with Crippen LogP contribution in [0.25, 0.3) is 17.4 Å². The molecule has 0 spiro atoms. The molecule has 1 fully saturated rings. The van der Waals surface area contributed by atoms with Gasteiger partial charge in [-0.2, -0.15) is 0 Å². The van der Waals surface area contributed by atoms with Crippen LogP contribution in [0.15, 0.2) is 81.0 Å². The molecule has 1 amide bonds. The molecule has 3 aromatic rings. The number of thioether (sulfide) groups is 1. The third-order valence-electron chi connectivity index (χ3n) is 4.60. The van der Waals surface area contributed by atoms with Gasteiger partial charge < -0.3 is 4.42 Å². The van der Waals surface area contributed by atoms with Crippen LogP contribution in [0, 0.1) is 10.1 Å². The lowest BCUT2D eigenvalue weighted by Gasteiger charge is -2.19. The number of amides is 1. The zero-order chi connectivity index (χ0) is 22.0. The minimum Gasteiger partial charge on any atom is -0.457 e. The van der Waals surface area contributed by atoms with Gasteiger partial charge in [0.1, 0.15) is 11.5 Å². The van der Waals surface area contributed by atoms with Gasteiger partial charge >= 0.3 is 0 Å². The van der Waals surface area contributed by atoms with Crippen molar-refractivity contribution in [3.8, 4) is 11.3 Å². The highest BCUT2D eigenvalue weighted by atomic mass is 32.2. The molecule has 0 atom stereocenters. The molecule has 31 heavy (non-hydrogen) atoms. The van der Waals surface area contributed by atoms with Gasteiger partial charge in [0.05, 0.1) is 15.5 Å². The second-order valence-corrected chi connectivity index (χ2v) is 8.12. The van der Waals surface area contributed by atoms with Crippen LogP contribution in [-0.4, -0.2) is 26.9 Å². The molecular weight excluding hydrogens is 414 g/mol. The van der Waals surface area contributed by atoms with E-state index >= 15 is 0 Å². The summed E-state index contributed by atoms with van der Waals surface area (Å²) in [4.78, 5) is 30.2. The fourth-order valence-electron chi connectivity index (χ4n) is 3.10. The van der Waals surface area contributed by atoms with Crippen LogP contribution in [-0.2, 0) is 4.79 Å². The van der Waals surface area contributed by atoms with Crippen molar-refractivity contribution < 1.29 is 14.1 Å². The summed E-state index contributed by atoms with van der Waals surface area (Å²) in [5.41, 5.74) is 1.52. The molecule has 1 aromatic heterocycles. The van der Waals surface area contributed by atoms with Crippen LogP contribution in [0.4, 0.5) is 11.4 Å². The van der Waals surface area contributed by atoms with Gasteiger partial charge in [0.2, 0.25) is 0 Å². The molecule has 0 radical (unpaired) electrons. The van der Waals surface area contributed by atoms with Gasteiger partial charge in [0.25, 0.3) is 11.6 Å². The molecule has 0 unspecified atom stereocenters. The number of hydrogen-bond acceptors (Lipinski definition) is 6. The predicted octanol–water partition coefficient (Wildman–Crippen LogP) is 5.87. The van der Waals surface area contributed by atoms with E-state index in [0.717, 1.165) is 11.3 Å². The Labute approximate surface area is 183 Å². The van der Waals surface area contributed by atoms with Crippen LogP contribution in [0.2, 0.25) is 0 Å². The van der Waals surface area contributed by atoms with E-state index in [-0.39, 0.29) is 17.6 Å². The zero-order valence-corrected chi connectivity index (χ0v) is 17.7. The van der Waals surface area contributed by atoms with Crippen LogP contribution >= 0.6 is 11.8 Å². The highest BCUT2D eigenvalue weighted by molar-refractivity contribution is 8.18. The van der Waals surface area contributed by atoms with Crippen molar-refractivity contribution in [2.24, 2.45) is 4.99 Å². The average Bonchev–Trinajstić information content (AvgIpc) is 3.34. The maximum absolute atomic E-state index is 13.0. The average molecular weight is 433 g/mol. The molecule has 0 N–H and O–H groups in total. The number of aliphatic imine (C=N–C) groups is 1. The molecule has 0 aliphatic carbocycles. The van der Waals surface area contributed by atoms with Crippen molar-refractivity contribution in [3.05, 3.63) is 87.5 Å². The number of nitro groups is 1. The Kier molecular flexibility index (Phi) is 5.73. The van der Waals surface area contributed by atoms with E-state index in [1.54, 1.807) is 35.2 Å². The molecule has 2 heterocycles. The Bertz CT molecular complexity index is 1180. The van der Waals surface area contributed by atoms with E-state index in [4.69, 9.17) is 4.42 Å². The monoisotopic (exact) mass is 433 g/mol. The summed E-state index contributed by atoms with van der Waals surface area (Å²) in [7, 11) is 0. The van der Waals surface area contributed by atoms with E-state index in [9.17, 15) is 14.9 Å². The number of hydrogen-bond donors (Lipinski definition) is 0. The smallest absolute Gasteiger partial charge is 0.269 e. The van der Waals surface area contributed by atoms with Gasteiger partial charge in [0.15, 0.2) is 5.17 Å². The maximum atomic E-state index is 13.0. The first-order valence-electron chi connectivity index (χ1n) is 9.64. The molecule has 1 aliphatic rings. The predicted molar refractivity (Wildman–Crippen MR) is 122 cm³/mol. The standard InChI is InChI=1S/C23H19N3O4S/c1-15(2)25-22(27)21(31-23(25)24-17-6-4-3-5-7-17)14-19-12-13-20(30-19)16-8-10-18(11-9-16)26(28)29/h3-15H,1-2H3/b21-14+,24-23?.